The topological polar surface area (TPSA) is 75.2 Å². The van der Waals surface area contributed by atoms with Crippen molar-refractivity contribution in [1.82, 2.24) is 9.97 Å². The zero-order valence-electron chi connectivity index (χ0n) is 9.89. The summed E-state index contributed by atoms with van der Waals surface area (Å²) in [5.74, 6) is -0.469. The third-order valence-corrected chi connectivity index (χ3v) is 3.99. The van der Waals surface area contributed by atoms with Gasteiger partial charge >= 0.3 is 5.97 Å². The second-order valence-corrected chi connectivity index (χ2v) is 5.36. The molecule has 1 aliphatic rings. The molecule has 0 bridgehead atoms. The van der Waals surface area contributed by atoms with Gasteiger partial charge in [0.15, 0.2) is 5.41 Å². The van der Waals surface area contributed by atoms with E-state index in [-0.39, 0.29) is 13.2 Å². The van der Waals surface area contributed by atoms with Gasteiger partial charge in [-0.05, 0) is 6.07 Å². The van der Waals surface area contributed by atoms with E-state index < -0.39 is 11.4 Å². The molecule has 2 N–H and O–H groups in total. The lowest BCUT2D eigenvalue weighted by atomic mass is 9.85. The molecule has 1 aromatic carbocycles. The summed E-state index contributed by atoms with van der Waals surface area (Å²) in [4.78, 5) is 18.7. The van der Waals surface area contributed by atoms with E-state index in [2.05, 4.69) is 25.9 Å². The average molecular weight is 323 g/mol. The number of benzene rings is 1. The lowest BCUT2D eigenvalue weighted by Crippen LogP contribution is -2.53. The molecule has 1 aliphatic heterocycles. The number of hydrogen-bond donors (Lipinski definition) is 2. The number of imidazole rings is 1. The van der Waals surface area contributed by atoms with E-state index in [0.29, 0.717) is 5.82 Å². The summed E-state index contributed by atoms with van der Waals surface area (Å²) in [6, 6.07) is 7.70. The molecule has 5 nitrogen and oxygen atoms in total. The van der Waals surface area contributed by atoms with Crippen molar-refractivity contribution in [3.63, 3.8) is 0 Å². The molecule has 6 heteroatoms. The van der Waals surface area contributed by atoms with E-state index in [1.165, 1.54) is 0 Å². The van der Waals surface area contributed by atoms with Crippen LogP contribution in [0.2, 0.25) is 0 Å². The van der Waals surface area contributed by atoms with Crippen molar-refractivity contribution in [3.8, 4) is 11.3 Å². The van der Waals surface area contributed by atoms with Crippen molar-refractivity contribution >= 4 is 21.9 Å². The molecule has 0 atom stereocenters. The van der Waals surface area contributed by atoms with E-state index in [9.17, 15) is 9.90 Å². The van der Waals surface area contributed by atoms with Gasteiger partial charge in [-0.3, -0.25) is 4.79 Å². The van der Waals surface area contributed by atoms with Crippen LogP contribution in [0.1, 0.15) is 5.82 Å². The number of nitrogens with one attached hydrogen (secondary N) is 1. The smallest absolute Gasteiger partial charge is 0.322 e. The van der Waals surface area contributed by atoms with Crippen molar-refractivity contribution in [2.24, 2.45) is 0 Å². The summed E-state index contributed by atoms with van der Waals surface area (Å²) in [7, 11) is 0. The van der Waals surface area contributed by atoms with Crippen LogP contribution >= 0.6 is 15.9 Å². The molecule has 0 saturated carbocycles. The van der Waals surface area contributed by atoms with Gasteiger partial charge in [-0.15, -0.1) is 0 Å². The number of H-pyrrole nitrogens is 1. The number of rotatable bonds is 3. The van der Waals surface area contributed by atoms with E-state index >= 15 is 0 Å². The maximum absolute atomic E-state index is 11.4. The quantitative estimate of drug-likeness (QED) is 0.908. The molecule has 1 fully saturated rings. The number of aliphatic carboxylic acids is 1. The SMILES string of the molecule is O=C(O)C1(c2ncc(-c3ccccc3Br)[nH]2)COC1. The molecule has 1 aromatic heterocycles. The van der Waals surface area contributed by atoms with Crippen molar-refractivity contribution in [1.29, 1.82) is 0 Å². The lowest BCUT2D eigenvalue weighted by molar-refractivity contribution is -0.163. The van der Waals surface area contributed by atoms with Crippen molar-refractivity contribution in [3.05, 3.63) is 40.8 Å². The Kier molecular flexibility index (Phi) is 2.91. The van der Waals surface area contributed by atoms with Gasteiger partial charge in [0, 0.05) is 10.0 Å². The first-order valence-electron chi connectivity index (χ1n) is 5.75. The molecule has 3 rings (SSSR count). The molecule has 1 saturated heterocycles. The molecule has 98 valence electrons. The van der Waals surface area contributed by atoms with Gasteiger partial charge in [-0.2, -0.15) is 0 Å². The third kappa shape index (κ3) is 1.87. The fraction of sp³-hybridized carbons (Fsp3) is 0.231. The number of hydrogen-bond acceptors (Lipinski definition) is 3. The van der Waals surface area contributed by atoms with E-state index in [0.717, 1.165) is 15.7 Å². The van der Waals surface area contributed by atoms with Crippen LogP contribution in [0.4, 0.5) is 0 Å². The molecule has 0 unspecified atom stereocenters. The Labute approximate surface area is 117 Å². The molecule has 19 heavy (non-hydrogen) atoms. The van der Waals surface area contributed by atoms with Crippen LogP contribution in [0.3, 0.4) is 0 Å². The van der Waals surface area contributed by atoms with Crippen molar-refractivity contribution in [2.75, 3.05) is 13.2 Å². The fourth-order valence-electron chi connectivity index (χ4n) is 2.05. The van der Waals surface area contributed by atoms with Crippen molar-refractivity contribution < 1.29 is 14.6 Å². The second-order valence-electron chi connectivity index (χ2n) is 4.51. The number of aromatic amines is 1. The highest BCUT2D eigenvalue weighted by atomic mass is 79.9. The molecule has 2 aromatic rings. The summed E-state index contributed by atoms with van der Waals surface area (Å²) in [6.45, 7) is 0.316. The van der Waals surface area contributed by atoms with Gasteiger partial charge < -0.3 is 14.8 Å². The fourth-order valence-corrected chi connectivity index (χ4v) is 2.55. The number of aromatic nitrogens is 2. The van der Waals surface area contributed by atoms with Gasteiger partial charge in [0.1, 0.15) is 5.82 Å². The normalized spacial score (nSPS) is 16.9. The Hall–Kier alpha value is -1.66. The highest BCUT2D eigenvalue weighted by molar-refractivity contribution is 9.10. The van der Waals surface area contributed by atoms with E-state index in [1.54, 1.807) is 6.20 Å². The van der Waals surface area contributed by atoms with Gasteiger partial charge in [0.2, 0.25) is 0 Å². The van der Waals surface area contributed by atoms with Gasteiger partial charge in [-0.25, -0.2) is 4.98 Å². The highest BCUT2D eigenvalue weighted by Crippen LogP contribution is 2.33. The van der Waals surface area contributed by atoms with E-state index in [1.807, 2.05) is 24.3 Å². The van der Waals surface area contributed by atoms with Gasteiger partial charge in [0.25, 0.3) is 0 Å². The van der Waals surface area contributed by atoms with Gasteiger partial charge in [0.05, 0.1) is 25.1 Å². The van der Waals surface area contributed by atoms with Crippen LogP contribution in [-0.2, 0) is 14.9 Å². The Morgan fingerprint density at radius 2 is 2.16 bits per heavy atom. The number of carbonyl (C=O) groups is 1. The number of carboxylic acids is 1. The Morgan fingerprint density at radius 3 is 2.74 bits per heavy atom. The molecular formula is C13H11BrN2O3. The largest absolute Gasteiger partial charge is 0.480 e. The predicted octanol–water partition coefficient (Wildman–Crippen LogP) is 2.19. The molecule has 0 aliphatic carbocycles. The Morgan fingerprint density at radius 1 is 1.42 bits per heavy atom. The first-order chi connectivity index (χ1) is 9.13. The lowest BCUT2D eigenvalue weighted by Gasteiger charge is -2.35. The summed E-state index contributed by atoms with van der Waals surface area (Å²) < 4.78 is 5.97. The maximum Gasteiger partial charge on any atom is 0.322 e. The Balaban J connectivity index is 2.01. The highest BCUT2D eigenvalue weighted by Gasteiger charge is 2.50. The number of nitrogens with zero attached hydrogens (tertiary/aromatic N) is 1. The minimum absolute atomic E-state index is 0.158. The monoisotopic (exact) mass is 322 g/mol. The van der Waals surface area contributed by atoms with Gasteiger partial charge in [-0.1, -0.05) is 34.1 Å². The molecule has 0 amide bonds. The zero-order valence-corrected chi connectivity index (χ0v) is 11.5. The third-order valence-electron chi connectivity index (χ3n) is 3.30. The average Bonchev–Trinajstić information content (AvgIpc) is 2.77. The molecule has 0 radical (unpaired) electrons. The van der Waals surface area contributed by atoms with Crippen molar-refractivity contribution in [2.45, 2.75) is 5.41 Å². The summed E-state index contributed by atoms with van der Waals surface area (Å²) in [5.41, 5.74) is 0.705. The van der Waals surface area contributed by atoms with Crippen LogP contribution < -0.4 is 0 Å². The minimum atomic E-state index is -1.03. The summed E-state index contributed by atoms with van der Waals surface area (Å²) in [5, 5.41) is 9.32. The zero-order chi connectivity index (χ0) is 13.5. The van der Waals surface area contributed by atoms with E-state index in [4.69, 9.17) is 4.74 Å². The van der Waals surface area contributed by atoms with Crippen LogP contribution in [0, 0.1) is 0 Å². The molecule has 2 heterocycles. The first kappa shape index (κ1) is 12.4. The minimum Gasteiger partial charge on any atom is -0.480 e. The summed E-state index contributed by atoms with van der Waals surface area (Å²) in [6.07, 6.45) is 1.65. The summed E-state index contributed by atoms with van der Waals surface area (Å²) >= 11 is 3.46. The Bertz CT molecular complexity index is 634. The first-order valence-corrected chi connectivity index (χ1v) is 6.54. The van der Waals surface area contributed by atoms with Crippen LogP contribution in [0.5, 0.6) is 0 Å². The molecule has 0 spiro atoms. The predicted molar refractivity (Wildman–Crippen MR) is 71.9 cm³/mol. The standard InChI is InChI=1S/C13H11BrN2O3/c14-9-4-2-1-3-8(9)10-5-15-11(16-10)13(12(17)18)6-19-7-13/h1-5H,6-7H2,(H,15,16)(H,17,18). The van der Waals surface area contributed by atoms with Crippen LogP contribution in [-0.4, -0.2) is 34.3 Å². The van der Waals surface area contributed by atoms with Crippen LogP contribution in [0.15, 0.2) is 34.9 Å². The molecular weight excluding hydrogens is 312 g/mol. The maximum atomic E-state index is 11.4. The second kappa shape index (κ2) is 4.47. The van der Waals surface area contributed by atoms with Crippen LogP contribution in [0.25, 0.3) is 11.3 Å². The number of ether oxygens (including phenoxy) is 1. The number of carboxylic acid groups (broad SMARTS) is 1. The number of halogens is 1.